The summed E-state index contributed by atoms with van der Waals surface area (Å²) in [6.45, 7) is 16.9. The van der Waals surface area contributed by atoms with E-state index in [0.717, 1.165) is 49.5 Å². The number of fused-ring (bicyclic) bond motifs is 2. The number of aliphatic carboxylic acids is 1. The molecular formula is C76H79BrN8O11. The van der Waals surface area contributed by atoms with Crippen LogP contribution in [0.2, 0.25) is 0 Å². The summed E-state index contributed by atoms with van der Waals surface area (Å²) < 4.78 is 16.7. The molecule has 19 nitrogen and oxygen atoms in total. The van der Waals surface area contributed by atoms with E-state index in [1.165, 1.54) is 13.3 Å². The first kappa shape index (κ1) is 73.7. The van der Waals surface area contributed by atoms with Gasteiger partial charge in [-0.05, 0) is 118 Å². The molecular weight excluding hydrogens is 1280 g/mol. The average molecular weight is 1360 g/mol. The fourth-order valence-corrected chi connectivity index (χ4v) is 9.07. The number of nitrogens with zero attached hydrogens (tertiary/aromatic N) is 2. The molecule has 2 heterocycles. The number of ketones is 2. The van der Waals surface area contributed by atoms with Crippen LogP contribution in [0.3, 0.4) is 0 Å². The van der Waals surface area contributed by atoms with Crippen molar-refractivity contribution in [3.8, 4) is 12.8 Å². The van der Waals surface area contributed by atoms with Crippen molar-refractivity contribution in [2.24, 2.45) is 9.98 Å². The number of carbonyl (C=O) groups excluding carboxylic acids is 7. The molecule has 0 aliphatic carbocycles. The van der Waals surface area contributed by atoms with E-state index >= 15 is 0 Å². The van der Waals surface area contributed by atoms with Crippen molar-refractivity contribution in [1.29, 1.82) is 0 Å². The van der Waals surface area contributed by atoms with Crippen LogP contribution in [0, 0.1) is 12.8 Å². The number of anilines is 4. The smallest absolute Gasteiger partial charge is 0.408 e. The molecule has 10 rings (SSSR count). The Morgan fingerprint density at radius 1 is 0.552 bits per heavy atom. The van der Waals surface area contributed by atoms with Gasteiger partial charge in [-0.15, -0.1) is 12.8 Å². The number of para-hydroxylation sites is 3. The lowest BCUT2D eigenvalue weighted by atomic mass is 10.0. The average Bonchev–Trinajstić information content (AvgIpc) is 1.74. The van der Waals surface area contributed by atoms with Gasteiger partial charge in [-0.1, -0.05) is 180 Å². The van der Waals surface area contributed by atoms with Crippen molar-refractivity contribution >= 4 is 97.5 Å². The second-order valence-electron chi connectivity index (χ2n) is 23.3. The third-order valence-electron chi connectivity index (χ3n) is 13.4. The number of carbonyl (C=O) groups is 8. The van der Waals surface area contributed by atoms with Gasteiger partial charge in [0, 0.05) is 54.7 Å². The van der Waals surface area contributed by atoms with Crippen LogP contribution in [0.15, 0.2) is 227 Å². The van der Waals surface area contributed by atoms with Gasteiger partial charge in [0.2, 0.25) is 17.7 Å². The Bertz CT molecular complexity index is 4140. The van der Waals surface area contributed by atoms with Crippen molar-refractivity contribution < 1.29 is 54.3 Å². The highest BCUT2D eigenvalue weighted by molar-refractivity contribution is 9.10. The van der Waals surface area contributed by atoms with E-state index in [2.05, 4.69) is 58.9 Å². The Morgan fingerprint density at radius 2 is 0.938 bits per heavy atom. The van der Waals surface area contributed by atoms with Gasteiger partial charge in [-0.3, -0.25) is 38.8 Å². The zero-order valence-corrected chi connectivity index (χ0v) is 56.6. The van der Waals surface area contributed by atoms with Gasteiger partial charge in [0.05, 0.1) is 28.5 Å². The number of hydrogen-bond donors (Lipinski definition) is 7. The van der Waals surface area contributed by atoms with Crippen LogP contribution in [0.5, 0.6) is 0 Å². The molecule has 5 amide bonds. The Morgan fingerprint density at radius 3 is 1.41 bits per heavy atom. The summed E-state index contributed by atoms with van der Waals surface area (Å²) in [5, 5.41) is 21.7. The van der Waals surface area contributed by atoms with Gasteiger partial charge in [0.25, 0.3) is 0 Å². The Kier molecular flexibility index (Phi) is 27.8. The van der Waals surface area contributed by atoms with Gasteiger partial charge < -0.3 is 46.9 Å². The number of alkyl carbamates (subject to hydrolysis) is 2. The predicted molar refractivity (Wildman–Crippen MR) is 382 cm³/mol. The van der Waals surface area contributed by atoms with E-state index in [0.29, 0.717) is 33.6 Å². The van der Waals surface area contributed by atoms with Crippen LogP contribution in [-0.2, 0) is 28.7 Å². The minimum absolute atomic E-state index is 0.0336. The molecule has 8 N–H and O–H groups in total. The number of carboxylic acids is 1. The number of nitrogens with one attached hydrogen (secondary N) is 5. The second kappa shape index (κ2) is 36.2. The number of amides is 5. The van der Waals surface area contributed by atoms with Gasteiger partial charge >= 0.3 is 18.2 Å². The molecule has 2 aliphatic heterocycles. The standard InChI is InChI=1S/C21H24N2O4.C16H13BrN2O.C16H14N2O.C13H11NO.C8H15NO4.C2H2/c1-14(22-20(26)27-21(2,3)4)19(25)23-17-13-9-8-12-16(17)18(24)15-10-6-5-7-11-15;1-10-16(20)19-14-8-7-12(17)9-13(14)15(18-10)11-5-3-2-4-6-11;1-11-16(19)18-14-10-6-5-9-13(14)15(17-11)12-7-3-2-4-8-12;14-12-9-5-4-8-11(12)13(15)10-6-2-1-3-7-10;1-5(6(10)11)9-7(12)13-8(2,3)4;1-2/h5-14H,1-4H3,(H,22,26)(H,23,25);2-10H,1H3,(H,19,20);2-11H,1H3,(H,18,19);1-9H,14H2;5H,1-4H3,(H,9,12)(H,10,11);1-2H/t14-;10-;11-;;5-;/m000.0./s1/i;;;;;1D. The third-order valence-corrected chi connectivity index (χ3v) is 13.9. The quantitative estimate of drug-likeness (QED) is 0.0362. The number of benzene rings is 8. The monoisotopic (exact) mass is 1360 g/mol. The lowest BCUT2D eigenvalue weighted by Gasteiger charge is -2.22. The molecule has 0 spiro atoms. The minimum atomic E-state index is -1.09. The summed E-state index contributed by atoms with van der Waals surface area (Å²) in [6.07, 6.45) is 4.36. The van der Waals surface area contributed by atoms with Crippen LogP contribution in [0.1, 0.15) is 125 Å². The number of halogens is 1. The van der Waals surface area contributed by atoms with E-state index < -0.39 is 53.4 Å². The maximum atomic E-state index is 12.7. The van der Waals surface area contributed by atoms with Crippen LogP contribution < -0.4 is 32.3 Å². The normalized spacial score (nSPS) is 14.1. The van der Waals surface area contributed by atoms with Crippen LogP contribution in [0.25, 0.3) is 0 Å². The van der Waals surface area contributed by atoms with Gasteiger partial charge in [-0.2, -0.15) is 0 Å². The molecule has 0 aromatic heterocycles. The first-order valence-corrected chi connectivity index (χ1v) is 31.1. The number of benzodiazepines with no additional fused rings is 2. The largest absolute Gasteiger partial charge is 0.480 e. The summed E-state index contributed by atoms with van der Waals surface area (Å²) in [6, 6.07) is 62.7. The van der Waals surface area contributed by atoms with Crippen molar-refractivity contribution in [3.63, 3.8) is 0 Å². The molecule has 0 fully saturated rings. The first-order valence-electron chi connectivity index (χ1n) is 30.8. The van der Waals surface area contributed by atoms with Gasteiger partial charge in [0.1, 0.15) is 36.7 Å². The van der Waals surface area contributed by atoms with E-state index in [-0.39, 0.29) is 29.4 Å². The van der Waals surface area contributed by atoms with Gasteiger partial charge in [0.15, 0.2) is 11.6 Å². The Labute approximate surface area is 570 Å². The first-order chi connectivity index (χ1) is 46.0. The number of hydrogen-bond acceptors (Lipinski definition) is 13. The topological polar surface area (TPSA) is 286 Å². The molecule has 8 aromatic rings. The van der Waals surface area contributed by atoms with E-state index in [1.807, 2.05) is 146 Å². The second-order valence-corrected chi connectivity index (χ2v) is 24.3. The number of nitrogen functional groups attached to an aromatic ring is 1. The minimum Gasteiger partial charge on any atom is -0.480 e. The highest BCUT2D eigenvalue weighted by Crippen LogP contribution is 2.29. The molecule has 96 heavy (non-hydrogen) atoms. The molecule has 20 heteroatoms. The molecule has 0 bridgehead atoms. The number of terminal acetylenes is 1. The Hall–Kier alpha value is -11.3. The van der Waals surface area contributed by atoms with E-state index in [9.17, 15) is 38.4 Å². The molecule has 4 atom stereocenters. The van der Waals surface area contributed by atoms with E-state index in [4.69, 9.17) is 21.7 Å². The SMILES string of the molecule is C[C@@H]1N=C(c2ccccc2)c2cc(Br)ccc2NC1=O.C[C@@H]1N=C(c2ccccc2)c2ccccc2NC1=O.C[C@H](NC(=O)OC(C)(C)C)C(=O)Nc1ccccc1C(=O)c1ccccc1.C[C@H](NC(=O)OC(C)(C)C)C(=O)O.Nc1ccccc1C(=O)c1ccccc1.[2H]C#C. The number of nitrogens with two attached hydrogens (primary N) is 1. The summed E-state index contributed by atoms with van der Waals surface area (Å²) in [5.74, 6) is -1.93. The van der Waals surface area contributed by atoms with Crippen LogP contribution in [-0.4, -0.2) is 99.3 Å². The summed E-state index contributed by atoms with van der Waals surface area (Å²) in [5.41, 5.74) is 14.8. The molecule has 2 aliphatic rings. The number of aliphatic imine (C=N–C) groups is 2. The van der Waals surface area contributed by atoms with Gasteiger partial charge in [-0.25, -0.2) is 9.59 Å². The summed E-state index contributed by atoms with van der Waals surface area (Å²) >= 11 is 3.48. The molecule has 0 saturated carbocycles. The van der Waals surface area contributed by atoms with Crippen molar-refractivity contribution in [2.75, 3.05) is 21.7 Å². The number of carboxylic acid groups (broad SMARTS) is 1. The maximum Gasteiger partial charge on any atom is 0.408 e. The van der Waals surface area contributed by atoms with Crippen molar-refractivity contribution in [2.45, 2.75) is 105 Å². The fourth-order valence-electron chi connectivity index (χ4n) is 8.71. The lowest BCUT2D eigenvalue weighted by molar-refractivity contribution is -0.139. The Balaban J connectivity index is 0.000000221. The third kappa shape index (κ3) is 23.7. The molecule has 0 saturated heterocycles. The highest BCUT2D eigenvalue weighted by Gasteiger charge is 2.26. The number of rotatable bonds is 11. The zero-order valence-electron chi connectivity index (χ0n) is 56.0. The molecule has 8 aromatic carbocycles. The highest BCUT2D eigenvalue weighted by atomic mass is 79.9. The number of ether oxygens (including phenoxy) is 2. The predicted octanol–water partition coefficient (Wildman–Crippen LogP) is 14.0. The van der Waals surface area contributed by atoms with Crippen LogP contribution >= 0.6 is 15.9 Å². The molecule has 0 unspecified atom stereocenters. The fraction of sp³-hybridized carbons (Fsp3) is 0.211. The van der Waals surface area contributed by atoms with Crippen molar-refractivity contribution in [3.05, 3.63) is 261 Å². The molecule has 496 valence electrons. The summed E-state index contributed by atoms with van der Waals surface area (Å²) in [4.78, 5) is 103. The lowest BCUT2D eigenvalue weighted by Crippen LogP contribution is -2.44. The van der Waals surface area contributed by atoms with Crippen LogP contribution in [0.4, 0.5) is 32.3 Å². The van der Waals surface area contributed by atoms with E-state index in [1.54, 1.807) is 128 Å². The molecule has 0 radical (unpaired) electrons. The maximum absolute atomic E-state index is 12.7. The zero-order chi connectivity index (χ0) is 71.4. The summed E-state index contributed by atoms with van der Waals surface area (Å²) in [7, 11) is 0. The van der Waals surface area contributed by atoms with Crippen molar-refractivity contribution in [1.82, 2.24) is 10.6 Å².